The van der Waals surface area contributed by atoms with Crippen molar-refractivity contribution >= 4 is 28.3 Å². The predicted molar refractivity (Wildman–Crippen MR) is 121 cm³/mol. The van der Waals surface area contributed by atoms with Crippen molar-refractivity contribution in [1.82, 2.24) is 25.0 Å². The highest BCUT2D eigenvalue weighted by Gasteiger charge is 2.30. The highest BCUT2D eigenvalue weighted by Crippen LogP contribution is 2.34. The second kappa shape index (κ2) is 8.98. The van der Waals surface area contributed by atoms with E-state index >= 15 is 0 Å². The molecular formula is C22H32N6O2S. The van der Waals surface area contributed by atoms with Crippen LogP contribution in [0.5, 0.6) is 0 Å². The van der Waals surface area contributed by atoms with Crippen LogP contribution < -0.4 is 10.2 Å². The minimum Gasteiger partial charge on any atom is -0.352 e. The molecule has 2 aromatic rings. The highest BCUT2D eigenvalue weighted by atomic mass is 32.1. The van der Waals surface area contributed by atoms with Gasteiger partial charge >= 0.3 is 0 Å². The molecule has 0 bridgehead atoms. The van der Waals surface area contributed by atoms with Crippen LogP contribution in [0.3, 0.4) is 0 Å². The SMILES string of the molecule is CCC(=O)N1CCN(c2nc3c(s2)C[C@@H](C(=O)NCc2c(C)nn(C)c2C)CC3)CC1. The van der Waals surface area contributed by atoms with Crippen molar-refractivity contribution in [2.24, 2.45) is 13.0 Å². The van der Waals surface area contributed by atoms with Crippen molar-refractivity contribution in [1.29, 1.82) is 0 Å². The maximum Gasteiger partial charge on any atom is 0.223 e. The van der Waals surface area contributed by atoms with Gasteiger partial charge in [0.25, 0.3) is 0 Å². The van der Waals surface area contributed by atoms with Gasteiger partial charge in [-0.2, -0.15) is 5.10 Å². The Morgan fingerprint density at radius 3 is 2.58 bits per heavy atom. The molecule has 1 aliphatic carbocycles. The number of hydrogen-bond acceptors (Lipinski definition) is 6. The van der Waals surface area contributed by atoms with Gasteiger partial charge in [0.2, 0.25) is 11.8 Å². The molecule has 168 valence electrons. The van der Waals surface area contributed by atoms with Gasteiger partial charge in [0.1, 0.15) is 0 Å². The number of rotatable bonds is 5. The van der Waals surface area contributed by atoms with E-state index in [0.717, 1.165) is 73.2 Å². The summed E-state index contributed by atoms with van der Waals surface area (Å²) < 4.78 is 1.86. The summed E-state index contributed by atoms with van der Waals surface area (Å²) in [6.07, 6.45) is 3.02. The largest absolute Gasteiger partial charge is 0.352 e. The first kappa shape index (κ1) is 21.8. The topological polar surface area (TPSA) is 83.4 Å². The molecule has 2 aromatic heterocycles. The molecule has 1 atom stereocenters. The fourth-order valence-electron chi connectivity index (χ4n) is 4.48. The van der Waals surface area contributed by atoms with Crippen molar-refractivity contribution in [2.75, 3.05) is 31.1 Å². The summed E-state index contributed by atoms with van der Waals surface area (Å²) in [6, 6.07) is 0. The van der Waals surface area contributed by atoms with Crippen molar-refractivity contribution in [2.45, 2.75) is 53.0 Å². The molecule has 0 radical (unpaired) electrons. The third-order valence-corrected chi connectivity index (χ3v) is 7.78. The van der Waals surface area contributed by atoms with E-state index in [4.69, 9.17) is 4.98 Å². The molecule has 0 aromatic carbocycles. The molecule has 1 saturated heterocycles. The van der Waals surface area contributed by atoms with Gasteiger partial charge < -0.3 is 15.1 Å². The first-order chi connectivity index (χ1) is 14.9. The van der Waals surface area contributed by atoms with Crippen LogP contribution in [0.25, 0.3) is 0 Å². The Morgan fingerprint density at radius 2 is 1.94 bits per heavy atom. The first-order valence-corrected chi connectivity index (χ1v) is 12.0. The molecule has 2 aliphatic rings. The van der Waals surface area contributed by atoms with E-state index in [2.05, 4.69) is 15.3 Å². The maximum absolute atomic E-state index is 12.8. The summed E-state index contributed by atoms with van der Waals surface area (Å²) in [7, 11) is 1.93. The standard InChI is InChI=1S/C22H32N6O2S/c1-5-20(29)27-8-10-28(11-9-27)22-24-18-7-6-16(12-19(18)31-22)21(30)23-13-17-14(2)25-26(4)15(17)3/h16H,5-13H2,1-4H3,(H,23,30)/t16-/m0/s1. The van der Waals surface area contributed by atoms with E-state index in [1.54, 1.807) is 11.3 Å². The van der Waals surface area contributed by atoms with Gasteiger partial charge in [-0.05, 0) is 33.1 Å². The summed E-state index contributed by atoms with van der Waals surface area (Å²) in [5.41, 5.74) is 4.32. The normalized spacial score (nSPS) is 18.8. The van der Waals surface area contributed by atoms with Crippen LogP contribution in [-0.4, -0.2) is 57.7 Å². The van der Waals surface area contributed by atoms with E-state index < -0.39 is 0 Å². The number of aromatic nitrogens is 3. The van der Waals surface area contributed by atoms with E-state index in [9.17, 15) is 9.59 Å². The summed E-state index contributed by atoms with van der Waals surface area (Å²) >= 11 is 1.72. The number of amides is 2. The van der Waals surface area contributed by atoms with E-state index in [0.29, 0.717) is 13.0 Å². The number of nitrogens with zero attached hydrogens (tertiary/aromatic N) is 5. The Balaban J connectivity index is 1.34. The van der Waals surface area contributed by atoms with Crippen LogP contribution in [0.1, 0.15) is 47.3 Å². The minimum absolute atomic E-state index is 0.00268. The van der Waals surface area contributed by atoms with Gasteiger partial charge in [0.15, 0.2) is 5.13 Å². The van der Waals surface area contributed by atoms with Gasteiger partial charge in [-0.15, -0.1) is 11.3 Å². The summed E-state index contributed by atoms with van der Waals surface area (Å²) in [5.74, 6) is 0.343. The zero-order valence-electron chi connectivity index (χ0n) is 18.9. The number of piperazine rings is 1. The molecular weight excluding hydrogens is 412 g/mol. The van der Waals surface area contributed by atoms with E-state index in [-0.39, 0.29) is 17.7 Å². The smallest absolute Gasteiger partial charge is 0.223 e. The molecule has 4 rings (SSSR count). The Bertz CT molecular complexity index is 973. The molecule has 1 aliphatic heterocycles. The molecule has 8 nitrogen and oxygen atoms in total. The van der Waals surface area contributed by atoms with Crippen LogP contribution in [0.2, 0.25) is 0 Å². The summed E-state index contributed by atoms with van der Waals surface area (Å²) in [4.78, 5) is 35.1. The lowest BCUT2D eigenvalue weighted by Crippen LogP contribution is -2.48. The average molecular weight is 445 g/mol. The number of fused-ring (bicyclic) bond motifs is 1. The Kier molecular flexibility index (Phi) is 6.31. The number of anilines is 1. The number of thiazole rings is 1. The molecule has 3 heterocycles. The Hall–Kier alpha value is -2.42. The maximum atomic E-state index is 12.8. The van der Waals surface area contributed by atoms with Crippen LogP contribution in [0.4, 0.5) is 5.13 Å². The van der Waals surface area contributed by atoms with Gasteiger partial charge in [-0.1, -0.05) is 6.92 Å². The molecule has 2 amide bonds. The van der Waals surface area contributed by atoms with Crippen LogP contribution in [-0.2, 0) is 36.0 Å². The zero-order valence-corrected chi connectivity index (χ0v) is 19.7. The van der Waals surface area contributed by atoms with E-state index in [1.807, 2.05) is 37.4 Å². The molecule has 9 heteroatoms. The lowest BCUT2D eigenvalue weighted by atomic mass is 9.90. The second-order valence-electron chi connectivity index (χ2n) is 8.52. The molecule has 1 fully saturated rings. The van der Waals surface area contributed by atoms with Crippen molar-refractivity contribution in [3.05, 3.63) is 27.5 Å². The first-order valence-electron chi connectivity index (χ1n) is 11.2. The molecule has 0 spiro atoms. The van der Waals surface area contributed by atoms with Gasteiger partial charge in [0.05, 0.1) is 11.4 Å². The molecule has 0 saturated carbocycles. The Labute approximate surface area is 187 Å². The molecule has 0 unspecified atom stereocenters. The predicted octanol–water partition coefficient (Wildman–Crippen LogP) is 1.97. The highest BCUT2D eigenvalue weighted by molar-refractivity contribution is 7.15. The van der Waals surface area contributed by atoms with Crippen LogP contribution in [0.15, 0.2) is 0 Å². The van der Waals surface area contributed by atoms with Gasteiger partial charge in [-0.3, -0.25) is 14.3 Å². The van der Waals surface area contributed by atoms with Crippen molar-refractivity contribution in [3.8, 4) is 0 Å². The number of carbonyl (C=O) groups is 2. The monoisotopic (exact) mass is 444 g/mol. The average Bonchev–Trinajstić information content (AvgIpc) is 3.31. The quantitative estimate of drug-likeness (QED) is 0.762. The van der Waals surface area contributed by atoms with Crippen LogP contribution in [0, 0.1) is 19.8 Å². The molecule has 1 N–H and O–H groups in total. The third kappa shape index (κ3) is 4.46. The fourth-order valence-corrected chi connectivity index (χ4v) is 5.72. The number of carbonyl (C=O) groups excluding carboxylic acids is 2. The third-order valence-electron chi connectivity index (χ3n) is 6.60. The molecule has 31 heavy (non-hydrogen) atoms. The lowest BCUT2D eigenvalue weighted by Gasteiger charge is -2.34. The summed E-state index contributed by atoms with van der Waals surface area (Å²) in [5, 5.41) is 8.60. The second-order valence-corrected chi connectivity index (χ2v) is 9.58. The minimum atomic E-state index is -0.00268. The van der Waals surface area contributed by atoms with E-state index in [1.165, 1.54) is 4.88 Å². The zero-order chi connectivity index (χ0) is 22.1. The number of nitrogens with one attached hydrogen (secondary N) is 1. The fraction of sp³-hybridized carbons (Fsp3) is 0.636. The number of aryl methyl sites for hydroxylation is 3. The number of hydrogen-bond donors (Lipinski definition) is 1. The summed E-state index contributed by atoms with van der Waals surface area (Å²) in [6.45, 7) is 9.63. The van der Waals surface area contributed by atoms with Gasteiger partial charge in [0, 0.05) is 68.2 Å². The van der Waals surface area contributed by atoms with Gasteiger partial charge in [-0.25, -0.2) is 4.98 Å². The lowest BCUT2D eigenvalue weighted by molar-refractivity contribution is -0.131. The van der Waals surface area contributed by atoms with Crippen molar-refractivity contribution < 1.29 is 9.59 Å². The van der Waals surface area contributed by atoms with Crippen LogP contribution >= 0.6 is 11.3 Å². The van der Waals surface area contributed by atoms with Crippen molar-refractivity contribution in [3.63, 3.8) is 0 Å². The Morgan fingerprint density at radius 1 is 1.19 bits per heavy atom.